The smallest absolute Gasteiger partial charge is 0.292 e. The number of carbonyl (C=O) groups is 2. The van der Waals surface area contributed by atoms with Crippen molar-refractivity contribution in [3.05, 3.63) is 74.4 Å². The van der Waals surface area contributed by atoms with Crippen molar-refractivity contribution in [3.63, 3.8) is 0 Å². The molecule has 0 atom stereocenters. The molecule has 0 bridgehead atoms. The lowest BCUT2D eigenvalue weighted by Crippen LogP contribution is -2.49. The molecule has 0 radical (unpaired) electrons. The number of Topliss-reactive ketones (excluding diaryl/α,β-unsaturated/α-hetero) is 1. The maximum atomic E-state index is 13.3. The molecule has 1 amide bonds. The van der Waals surface area contributed by atoms with E-state index >= 15 is 0 Å². The van der Waals surface area contributed by atoms with E-state index in [1.54, 1.807) is 23.2 Å². The Morgan fingerprint density at radius 1 is 1.06 bits per heavy atom. The second-order valence-corrected chi connectivity index (χ2v) is 10.5. The molecule has 2 aromatic heterocycles. The Hall–Kier alpha value is -3.39. The minimum Gasteiger partial charge on any atom is -0.365 e. The van der Waals surface area contributed by atoms with Gasteiger partial charge in [-0.2, -0.15) is 9.78 Å². The molecule has 1 N–H and O–H groups in total. The molecule has 2 aliphatic rings. The maximum Gasteiger partial charge on any atom is 0.292 e. The number of piperazine rings is 1. The normalized spacial score (nSPS) is 17.4. The molecule has 8 nitrogen and oxygen atoms in total. The first-order chi connectivity index (χ1) is 16.7. The van der Waals surface area contributed by atoms with Crippen LogP contribution < -0.4 is 10.5 Å². The van der Waals surface area contributed by atoms with Crippen molar-refractivity contribution in [3.8, 4) is 5.69 Å². The number of H-pyrrole nitrogens is 1. The van der Waals surface area contributed by atoms with Gasteiger partial charge in [-0.25, -0.2) is 0 Å². The fourth-order valence-corrected chi connectivity index (χ4v) is 5.40. The van der Waals surface area contributed by atoms with Crippen LogP contribution in [0.4, 0.5) is 5.69 Å². The van der Waals surface area contributed by atoms with E-state index in [-0.39, 0.29) is 27.7 Å². The number of carbonyl (C=O) groups excluding carboxylic acids is 2. The molecule has 0 unspecified atom stereocenters. The van der Waals surface area contributed by atoms with Crippen LogP contribution in [0.1, 0.15) is 52.4 Å². The fourth-order valence-electron chi connectivity index (χ4n) is 5.15. The monoisotopic (exact) mass is 493 g/mol. The lowest BCUT2D eigenvalue weighted by molar-refractivity contribution is 0.0740. The Balaban J connectivity index is 1.32. The Labute approximate surface area is 208 Å². The van der Waals surface area contributed by atoms with Gasteiger partial charge in [-0.05, 0) is 36.5 Å². The molecule has 3 aromatic rings. The van der Waals surface area contributed by atoms with E-state index in [0.29, 0.717) is 55.2 Å². The first-order valence-electron chi connectivity index (χ1n) is 11.8. The van der Waals surface area contributed by atoms with Crippen molar-refractivity contribution in [1.82, 2.24) is 19.7 Å². The Morgan fingerprint density at radius 3 is 2.43 bits per heavy atom. The summed E-state index contributed by atoms with van der Waals surface area (Å²) in [4.78, 5) is 45.9. The molecule has 1 aliphatic heterocycles. The minimum atomic E-state index is -0.381. The Morgan fingerprint density at radius 2 is 1.74 bits per heavy atom. The summed E-state index contributed by atoms with van der Waals surface area (Å²) in [7, 11) is 0. The highest BCUT2D eigenvalue weighted by Gasteiger charge is 2.36. The van der Waals surface area contributed by atoms with E-state index < -0.39 is 0 Å². The SMILES string of the molecule is Cc1c(C(=O)N2CCN(c3cnn(-c4ccccc4)c(=O)c3Cl)CC2)[nH]c2c1C(=O)CC(C)(C)C2. The molecule has 1 saturated heterocycles. The van der Waals surface area contributed by atoms with Gasteiger partial charge in [0.1, 0.15) is 10.7 Å². The van der Waals surface area contributed by atoms with E-state index in [4.69, 9.17) is 11.6 Å². The summed E-state index contributed by atoms with van der Waals surface area (Å²) in [5.74, 6) is -0.00730. The number of aromatic amines is 1. The zero-order valence-corrected chi connectivity index (χ0v) is 20.9. The minimum absolute atomic E-state index is 0.0984. The summed E-state index contributed by atoms with van der Waals surface area (Å²) in [5, 5.41) is 4.42. The number of hydrogen-bond donors (Lipinski definition) is 1. The lowest BCUT2D eigenvalue weighted by Gasteiger charge is -2.36. The molecule has 0 spiro atoms. The van der Waals surface area contributed by atoms with Gasteiger partial charge >= 0.3 is 0 Å². The van der Waals surface area contributed by atoms with E-state index in [9.17, 15) is 14.4 Å². The van der Waals surface area contributed by atoms with Gasteiger partial charge in [-0.1, -0.05) is 43.6 Å². The number of nitrogens with one attached hydrogen (secondary N) is 1. The second-order valence-electron chi connectivity index (χ2n) is 10.1. The number of nitrogens with zero attached hydrogens (tertiary/aromatic N) is 4. The van der Waals surface area contributed by atoms with Crippen molar-refractivity contribution < 1.29 is 9.59 Å². The summed E-state index contributed by atoms with van der Waals surface area (Å²) in [6.45, 7) is 7.98. The summed E-state index contributed by atoms with van der Waals surface area (Å²) in [5.41, 5.74) is 3.50. The number of fused-ring (bicyclic) bond motifs is 1. The number of para-hydroxylation sites is 1. The largest absolute Gasteiger partial charge is 0.365 e. The third-order valence-corrected chi connectivity index (χ3v) is 7.28. The van der Waals surface area contributed by atoms with Crippen LogP contribution in [0, 0.1) is 12.3 Å². The van der Waals surface area contributed by atoms with Crippen molar-refractivity contribution in [2.75, 3.05) is 31.1 Å². The average Bonchev–Trinajstić information content (AvgIpc) is 3.16. The molecule has 35 heavy (non-hydrogen) atoms. The van der Waals surface area contributed by atoms with Crippen LogP contribution in [0.3, 0.4) is 0 Å². The van der Waals surface area contributed by atoms with Crippen molar-refractivity contribution >= 4 is 29.0 Å². The van der Waals surface area contributed by atoms with Gasteiger partial charge < -0.3 is 14.8 Å². The first kappa shape index (κ1) is 23.4. The predicted molar refractivity (Wildman–Crippen MR) is 135 cm³/mol. The number of benzene rings is 1. The predicted octanol–water partition coefficient (Wildman–Crippen LogP) is 3.64. The lowest BCUT2D eigenvalue weighted by atomic mass is 9.75. The van der Waals surface area contributed by atoms with Crippen LogP contribution >= 0.6 is 11.6 Å². The number of aromatic nitrogens is 3. The number of amides is 1. The molecule has 1 fully saturated rings. The van der Waals surface area contributed by atoms with Crippen LogP contribution in [-0.4, -0.2) is 57.5 Å². The number of ketones is 1. The molecule has 3 heterocycles. The highest BCUT2D eigenvalue weighted by molar-refractivity contribution is 6.33. The van der Waals surface area contributed by atoms with Crippen LogP contribution in [-0.2, 0) is 6.42 Å². The first-order valence-corrected chi connectivity index (χ1v) is 12.2. The Kier molecular flexibility index (Phi) is 5.79. The summed E-state index contributed by atoms with van der Waals surface area (Å²) in [6, 6.07) is 9.13. The van der Waals surface area contributed by atoms with E-state index in [1.165, 1.54) is 4.68 Å². The molecule has 0 saturated carbocycles. The van der Waals surface area contributed by atoms with Crippen LogP contribution in [0.15, 0.2) is 41.3 Å². The number of hydrogen-bond acceptors (Lipinski definition) is 5. The molecule has 1 aliphatic carbocycles. The zero-order valence-electron chi connectivity index (χ0n) is 20.1. The Bertz CT molecular complexity index is 1370. The molecule has 5 rings (SSSR count). The third kappa shape index (κ3) is 4.16. The highest BCUT2D eigenvalue weighted by Crippen LogP contribution is 2.37. The quantitative estimate of drug-likeness (QED) is 0.601. The average molecular weight is 494 g/mol. The van der Waals surface area contributed by atoms with Crippen molar-refractivity contribution in [2.24, 2.45) is 5.41 Å². The second kappa shape index (κ2) is 8.68. The fraction of sp³-hybridized carbons (Fsp3) is 0.385. The van der Waals surface area contributed by atoms with Gasteiger partial charge in [0.15, 0.2) is 5.78 Å². The highest BCUT2D eigenvalue weighted by atomic mass is 35.5. The van der Waals surface area contributed by atoms with Gasteiger partial charge in [-0.3, -0.25) is 14.4 Å². The van der Waals surface area contributed by atoms with Gasteiger partial charge in [0, 0.05) is 43.9 Å². The maximum absolute atomic E-state index is 13.3. The zero-order chi connectivity index (χ0) is 24.9. The van der Waals surface area contributed by atoms with Crippen LogP contribution in [0.5, 0.6) is 0 Å². The van der Waals surface area contributed by atoms with E-state index in [2.05, 4.69) is 23.9 Å². The van der Waals surface area contributed by atoms with E-state index in [0.717, 1.165) is 17.7 Å². The molecular formula is C26H28ClN5O3. The summed E-state index contributed by atoms with van der Waals surface area (Å²) in [6.07, 6.45) is 2.84. The van der Waals surface area contributed by atoms with Gasteiger partial charge in [0.25, 0.3) is 11.5 Å². The molecular weight excluding hydrogens is 466 g/mol. The topological polar surface area (TPSA) is 91.3 Å². The van der Waals surface area contributed by atoms with Gasteiger partial charge in [0.05, 0.1) is 17.6 Å². The van der Waals surface area contributed by atoms with E-state index in [1.807, 2.05) is 30.0 Å². The van der Waals surface area contributed by atoms with Crippen molar-refractivity contribution in [2.45, 2.75) is 33.6 Å². The molecule has 1 aromatic carbocycles. The third-order valence-electron chi connectivity index (χ3n) is 6.92. The van der Waals surface area contributed by atoms with Crippen molar-refractivity contribution in [1.29, 1.82) is 0 Å². The van der Waals surface area contributed by atoms with Gasteiger partial charge in [0.2, 0.25) is 0 Å². The number of halogens is 1. The summed E-state index contributed by atoms with van der Waals surface area (Å²) >= 11 is 6.46. The number of rotatable bonds is 3. The summed E-state index contributed by atoms with van der Waals surface area (Å²) < 4.78 is 1.28. The number of anilines is 1. The molecule has 9 heteroatoms. The van der Waals surface area contributed by atoms with Crippen LogP contribution in [0.2, 0.25) is 5.02 Å². The molecule has 182 valence electrons. The van der Waals surface area contributed by atoms with Gasteiger partial charge in [-0.15, -0.1) is 0 Å². The van der Waals surface area contributed by atoms with Crippen LogP contribution in [0.25, 0.3) is 5.69 Å². The standard InChI is InChI=1S/C26H28ClN5O3/c1-16-21-18(13-26(2,3)14-20(21)33)29-23(16)25(35)31-11-9-30(10-12-31)19-15-28-32(24(34)22(19)27)17-7-5-4-6-8-17/h4-8,15,29H,9-14H2,1-3H3.